The van der Waals surface area contributed by atoms with Gasteiger partial charge >= 0.3 is 0 Å². The van der Waals surface area contributed by atoms with Crippen LogP contribution in [0.25, 0.3) is 0 Å². The van der Waals surface area contributed by atoms with Gasteiger partial charge < -0.3 is 10.6 Å². The molecule has 27 heavy (non-hydrogen) atoms. The first-order chi connectivity index (χ1) is 12.9. The Balaban J connectivity index is 1.84. The van der Waals surface area contributed by atoms with Crippen molar-refractivity contribution in [1.29, 1.82) is 0 Å². The van der Waals surface area contributed by atoms with Gasteiger partial charge in [0.05, 0.1) is 11.2 Å². The third kappa shape index (κ3) is 4.05. The van der Waals surface area contributed by atoms with Crippen LogP contribution in [0.3, 0.4) is 0 Å². The summed E-state index contributed by atoms with van der Waals surface area (Å²) in [6.07, 6.45) is 2.96. The molecule has 1 amide bonds. The van der Waals surface area contributed by atoms with Crippen LogP contribution in [0.2, 0.25) is 0 Å². The molecule has 2 fully saturated rings. The fraction of sp³-hybridized carbons (Fsp3) is 0.650. The van der Waals surface area contributed by atoms with E-state index in [4.69, 9.17) is 5.73 Å². The second kappa shape index (κ2) is 8.29. The van der Waals surface area contributed by atoms with E-state index in [0.717, 1.165) is 31.5 Å². The molecule has 0 spiro atoms. The SMILES string of the molecule is CCS(=O)(=O)N1CCC(C(=O)N2CCC(CN)CC2)(c2ccccc2)CC1. The molecular weight excluding hydrogens is 362 g/mol. The van der Waals surface area contributed by atoms with Crippen molar-refractivity contribution in [2.45, 2.75) is 38.0 Å². The Kier molecular flexibility index (Phi) is 6.23. The molecule has 2 saturated heterocycles. The van der Waals surface area contributed by atoms with Gasteiger partial charge in [0.25, 0.3) is 0 Å². The van der Waals surface area contributed by atoms with Crippen molar-refractivity contribution >= 4 is 15.9 Å². The maximum atomic E-state index is 13.6. The highest BCUT2D eigenvalue weighted by molar-refractivity contribution is 7.89. The number of hydrogen-bond donors (Lipinski definition) is 1. The number of amides is 1. The molecular formula is C20H31N3O3S. The van der Waals surface area contributed by atoms with Crippen LogP contribution < -0.4 is 5.73 Å². The number of benzene rings is 1. The van der Waals surface area contributed by atoms with Crippen molar-refractivity contribution in [3.63, 3.8) is 0 Å². The van der Waals surface area contributed by atoms with E-state index in [1.807, 2.05) is 35.2 Å². The number of nitrogens with two attached hydrogens (primary N) is 1. The molecule has 0 bridgehead atoms. The predicted molar refractivity (Wildman–Crippen MR) is 107 cm³/mol. The highest BCUT2D eigenvalue weighted by Crippen LogP contribution is 2.39. The monoisotopic (exact) mass is 393 g/mol. The smallest absolute Gasteiger partial charge is 0.233 e. The van der Waals surface area contributed by atoms with Crippen molar-refractivity contribution in [1.82, 2.24) is 9.21 Å². The summed E-state index contributed by atoms with van der Waals surface area (Å²) in [6.45, 7) is 4.63. The molecule has 0 unspecified atom stereocenters. The Morgan fingerprint density at radius 3 is 2.22 bits per heavy atom. The number of likely N-dealkylation sites (tertiary alicyclic amines) is 1. The quantitative estimate of drug-likeness (QED) is 0.823. The second-order valence-electron chi connectivity index (χ2n) is 7.72. The standard InChI is InChI=1S/C20H31N3O3S/c1-2-27(25,26)23-14-10-20(11-15-23,18-6-4-3-5-7-18)19(24)22-12-8-17(16-21)9-13-22/h3-7,17H,2,8-16,21H2,1H3. The Morgan fingerprint density at radius 2 is 1.70 bits per heavy atom. The number of sulfonamides is 1. The molecule has 0 aromatic heterocycles. The van der Waals surface area contributed by atoms with Gasteiger partial charge in [-0.3, -0.25) is 4.79 Å². The lowest BCUT2D eigenvalue weighted by molar-refractivity contribution is -0.140. The van der Waals surface area contributed by atoms with Gasteiger partial charge in [-0.1, -0.05) is 30.3 Å². The molecule has 2 N–H and O–H groups in total. The predicted octanol–water partition coefficient (Wildman–Crippen LogP) is 1.57. The molecule has 7 heteroatoms. The van der Waals surface area contributed by atoms with Crippen LogP contribution in [0.5, 0.6) is 0 Å². The number of carbonyl (C=O) groups excluding carboxylic acids is 1. The van der Waals surface area contributed by atoms with Crippen molar-refractivity contribution in [3.8, 4) is 0 Å². The molecule has 6 nitrogen and oxygen atoms in total. The van der Waals surface area contributed by atoms with Crippen LogP contribution in [-0.2, 0) is 20.2 Å². The van der Waals surface area contributed by atoms with E-state index in [-0.39, 0.29) is 11.7 Å². The normalized spacial score (nSPS) is 21.9. The molecule has 0 atom stereocenters. The van der Waals surface area contributed by atoms with Gasteiger partial charge in [-0.05, 0) is 50.6 Å². The van der Waals surface area contributed by atoms with Crippen molar-refractivity contribution in [3.05, 3.63) is 35.9 Å². The molecule has 0 radical (unpaired) electrons. The second-order valence-corrected chi connectivity index (χ2v) is 9.98. The maximum absolute atomic E-state index is 13.6. The molecule has 1 aromatic carbocycles. The molecule has 2 heterocycles. The van der Waals surface area contributed by atoms with Gasteiger partial charge in [0.2, 0.25) is 15.9 Å². The van der Waals surface area contributed by atoms with Crippen LogP contribution >= 0.6 is 0 Å². The zero-order valence-electron chi connectivity index (χ0n) is 16.1. The summed E-state index contributed by atoms with van der Waals surface area (Å²) in [6, 6.07) is 9.88. The van der Waals surface area contributed by atoms with Crippen molar-refractivity contribution < 1.29 is 13.2 Å². The van der Waals surface area contributed by atoms with Gasteiger partial charge in [-0.25, -0.2) is 12.7 Å². The Labute approximate surface area is 162 Å². The minimum atomic E-state index is -3.22. The molecule has 1 aromatic rings. The molecule has 3 rings (SSSR count). The summed E-state index contributed by atoms with van der Waals surface area (Å²) >= 11 is 0. The lowest BCUT2D eigenvalue weighted by atomic mass is 9.71. The number of carbonyl (C=O) groups is 1. The Hall–Kier alpha value is -1.44. The summed E-state index contributed by atoms with van der Waals surface area (Å²) in [7, 11) is -3.22. The highest BCUT2D eigenvalue weighted by atomic mass is 32.2. The number of rotatable bonds is 5. The third-order valence-corrected chi connectivity index (χ3v) is 8.19. The number of hydrogen-bond acceptors (Lipinski definition) is 4. The van der Waals surface area contributed by atoms with Crippen LogP contribution in [-0.4, -0.2) is 62.0 Å². The summed E-state index contributed by atoms with van der Waals surface area (Å²) in [5, 5.41) is 0. The summed E-state index contributed by atoms with van der Waals surface area (Å²) in [5.41, 5.74) is 6.16. The molecule has 2 aliphatic heterocycles. The molecule has 150 valence electrons. The average molecular weight is 394 g/mol. The molecule has 0 aliphatic carbocycles. The van der Waals surface area contributed by atoms with Crippen molar-refractivity contribution in [2.75, 3.05) is 38.5 Å². The van der Waals surface area contributed by atoms with E-state index in [1.165, 1.54) is 0 Å². The van der Waals surface area contributed by atoms with Gasteiger partial charge in [0.1, 0.15) is 0 Å². The van der Waals surface area contributed by atoms with E-state index < -0.39 is 15.4 Å². The zero-order chi connectivity index (χ0) is 19.5. The fourth-order valence-electron chi connectivity index (χ4n) is 4.39. The van der Waals surface area contributed by atoms with Crippen LogP contribution in [0.4, 0.5) is 0 Å². The van der Waals surface area contributed by atoms with E-state index in [1.54, 1.807) is 11.2 Å². The van der Waals surface area contributed by atoms with Gasteiger partial charge in [0.15, 0.2) is 0 Å². The minimum Gasteiger partial charge on any atom is -0.342 e. The first-order valence-electron chi connectivity index (χ1n) is 9.96. The van der Waals surface area contributed by atoms with Crippen LogP contribution in [0.15, 0.2) is 30.3 Å². The van der Waals surface area contributed by atoms with E-state index in [2.05, 4.69) is 0 Å². The molecule has 2 aliphatic rings. The fourth-order valence-corrected chi connectivity index (χ4v) is 5.49. The summed E-state index contributed by atoms with van der Waals surface area (Å²) in [5.74, 6) is 0.752. The minimum absolute atomic E-state index is 0.103. The van der Waals surface area contributed by atoms with Gasteiger partial charge in [0, 0.05) is 26.2 Å². The van der Waals surface area contributed by atoms with Gasteiger partial charge in [-0.15, -0.1) is 0 Å². The maximum Gasteiger partial charge on any atom is 0.233 e. The lowest BCUT2D eigenvalue weighted by Crippen LogP contribution is -2.55. The first-order valence-corrected chi connectivity index (χ1v) is 11.6. The number of nitrogens with zero attached hydrogens (tertiary/aromatic N) is 2. The summed E-state index contributed by atoms with van der Waals surface area (Å²) in [4.78, 5) is 15.6. The van der Waals surface area contributed by atoms with Crippen LogP contribution in [0, 0.1) is 5.92 Å². The zero-order valence-corrected chi connectivity index (χ0v) is 17.0. The van der Waals surface area contributed by atoms with E-state index in [9.17, 15) is 13.2 Å². The first kappa shape index (κ1) is 20.3. The molecule has 0 saturated carbocycles. The van der Waals surface area contributed by atoms with Crippen LogP contribution in [0.1, 0.15) is 38.2 Å². The average Bonchev–Trinajstić information content (AvgIpc) is 2.74. The largest absolute Gasteiger partial charge is 0.342 e. The van der Waals surface area contributed by atoms with Crippen molar-refractivity contribution in [2.24, 2.45) is 11.7 Å². The highest BCUT2D eigenvalue weighted by Gasteiger charge is 2.46. The summed E-state index contributed by atoms with van der Waals surface area (Å²) < 4.78 is 26.1. The third-order valence-electron chi connectivity index (χ3n) is 6.30. The van der Waals surface area contributed by atoms with E-state index >= 15 is 0 Å². The topological polar surface area (TPSA) is 83.7 Å². The lowest BCUT2D eigenvalue weighted by Gasteiger charge is -2.44. The Morgan fingerprint density at radius 1 is 1.11 bits per heavy atom. The van der Waals surface area contributed by atoms with Gasteiger partial charge in [-0.2, -0.15) is 0 Å². The number of piperidine rings is 2. The Bertz CT molecular complexity index is 735. The van der Waals surface area contributed by atoms with E-state index in [0.29, 0.717) is 38.4 Å².